The number of amides is 1. The van der Waals surface area contributed by atoms with E-state index in [1.807, 2.05) is 48.7 Å². The monoisotopic (exact) mass is 395 g/mol. The average molecular weight is 395 g/mol. The third kappa shape index (κ3) is 4.62. The van der Waals surface area contributed by atoms with Crippen LogP contribution in [0.25, 0.3) is 0 Å². The van der Waals surface area contributed by atoms with Crippen LogP contribution in [-0.2, 0) is 4.79 Å². The summed E-state index contributed by atoms with van der Waals surface area (Å²) < 4.78 is 0. The maximum absolute atomic E-state index is 12.5. The molecule has 0 unspecified atom stereocenters. The molecule has 28 heavy (non-hydrogen) atoms. The van der Waals surface area contributed by atoms with Crippen LogP contribution in [0.3, 0.4) is 0 Å². The van der Waals surface area contributed by atoms with Gasteiger partial charge in [-0.1, -0.05) is 48.0 Å². The molecule has 0 fully saturated rings. The molecule has 2 aromatic carbocycles. The Kier molecular flexibility index (Phi) is 6.18. The van der Waals surface area contributed by atoms with Crippen molar-refractivity contribution in [2.24, 2.45) is 0 Å². The first-order chi connectivity index (χ1) is 13.5. The molecule has 0 aliphatic heterocycles. The van der Waals surface area contributed by atoms with Gasteiger partial charge in [-0.3, -0.25) is 20.2 Å². The van der Waals surface area contributed by atoms with Gasteiger partial charge in [-0.2, -0.15) is 0 Å². The van der Waals surface area contributed by atoms with Crippen molar-refractivity contribution in [1.82, 2.24) is 5.32 Å². The van der Waals surface area contributed by atoms with Gasteiger partial charge >= 0.3 is 0 Å². The first kappa shape index (κ1) is 19.7. The van der Waals surface area contributed by atoms with Crippen LogP contribution in [-0.4, -0.2) is 17.4 Å². The lowest BCUT2D eigenvalue weighted by Crippen LogP contribution is -2.31. The van der Waals surface area contributed by atoms with Crippen molar-refractivity contribution in [1.29, 1.82) is 0 Å². The number of nitro groups is 1. The zero-order valence-corrected chi connectivity index (χ0v) is 16.5. The number of rotatable bonds is 7. The van der Waals surface area contributed by atoms with E-state index in [0.29, 0.717) is 5.56 Å². The number of anilines is 1. The lowest BCUT2D eigenvalue weighted by atomic mass is 10.0. The molecule has 1 heterocycles. The van der Waals surface area contributed by atoms with Crippen LogP contribution in [0.1, 0.15) is 27.6 Å². The second-order valence-corrected chi connectivity index (χ2v) is 7.49. The Morgan fingerprint density at radius 1 is 1.11 bits per heavy atom. The van der Waals surface area contributed by atoms with Crippen LogP contribution in [0.2, 0.25) is 0 Å². The minimum absolute atomic E-state index is 0.0297. The number of nitrogens with one attached hydrogen (secondary N) is 2. The van der Waals surface area contributed by atoms with E-state index < -0.39 is 4.92 Å². The fraction of sp³-hybridized carbons (Fsp3) is 0.190. The van der Waals surface area contributed by atoms with Crippen LogP contribution in [0.4, 0.5) is 11.4 Å². The molecular weight excluding hydrogens is 374 g/mol. The Labute approximate surface area is 167 Å². The van der Waals surface area contributed by atoms with Crippen molar-refractivity contribution in [3.8, 4) is 0 Å². The smallest absolute Gasteiger partial charge is 0.293 e. The van der Waals surface area contributed by atoms with Crippen molar-refractivity contribution in [2.45, 2.75) is 19.9 Å². The molecule has 0 radical (unpaired) electrons. The molecule has 1 amide bonds. The maximum atomic E-state index is 12.5. The number of carbonyl (C=O) groups excluding carboxylic acids is 1. The van der Waals surface area contributed by atoms with E-state index in [0.717, 1.165) is 10.4 Å². The van der Waals surface area contributed by atoms with Gasteiger partial charge in [-0.25, -0.2) is 0 Å². The van der Waals surface area contributed by atoms with E-state index in [1.165, 1.54) is 11.6 Å². The number of carbonyl (C=O) groups is 1. The average Bonchev–Trinajstić information content (AvgIpc) is 3.19. The number of thiophene rings is 1. The third-order valence-electron chi connectivity index (χ3n) is 4.42. The highest BCUT2D eigenvalue weighted by Gasteiger charge is 2.20. The van der Waals surface area contributed by atoms with Crippen LogP contribution >= 0.6 is 11.3 Å². The predicted molar refractivity (Wildman–Crippen MR) is 112 cm³/mol. The van der Waals surface area contributed by atoms with E-state index in [4.69, 9.17) is 0 Å². The predicted octanol–water partition coefficient (Wildman–Crippen LogP) is 4.59. The summed E-state index contributed by atoms with van der Waals surface area (Å²) in [5, 5.41) is 19.2. The van der Waals surface area contributed by atoms with Crippen LogP contribution in [0.5, 0.6) is 0 Å². The van der Waals surface area contributed by atoms with Crippen LogP contribution in [0, 0.1) is 24.0 Å². The molecule has 0 aliphatic carbocycles. The molecule has 3 aromatic rings. The number of para-hydroxylation sites is 1. The van der Waals surface area contributed by atoms with Crippen molar-refractivity contribution in [3.63, 3.8) is 0 Å². The summed E-state index contributed by atoms with van der Waals surface area (Å²) in [6.07, 6.45) is 0. The topological polar surface area (TPSA) is 84.3 Å². The first-order valence-electron chi connectivity index (χ1n) is 8.83. The largest absolute Gasteiger partial charge is 0.319 e. The molecule has 2 N–H and O–H groups in total. The number of hydrogen-bond donors (Lipinski definition) is 2. The van der Waals surface area contributed by atoms with Crippen LogP contribution < -0.4 is 10.6 Å². The molecule has 0 spiro atoms. The Morgan fingerprint density at radius 3 is 2.50 bits per heavy atom. The van der Waals surface area contributed by atoms with Gasteiger partial charge in [0.2, 0.25) is 5.91 Å². The van der Waals surface area contributed by atoms with Gasteiger partial charge in [0.05, 0.1) is 17.5 Å². The Hall–Kier alpha value is -3.03. The molecule has 0 saturated heterocycles. The number of aryl methyl sites for hydroxylation is 2. The minimum Gasteiger partial charge on any atom is -0.319 e. The van der Waals surface area contributed by atoms with Crippen molar-refractivity contribution >= 4 is 28.6 Å². The fourth-order valence-corrected chi connectivity index (χ4v) is 3.77. The summed E-state index contributed by atoms with van der Waals surface area (Å²) in [4.78, 5) is 24.3. The van der Waals surface area contributed by atoms with Gasteiger partial charge < -0.3 is 5.32 Å². The molecule has 7 heteroatoms. The van der Waals surface area contributed by atoms with Crippen molar-refractivity contribution in [3.05, 3.63) is 91.7 Å². The van der Waals surface area contributed by atoms with Gasteiger partial charge in [0.1, 0.15) is 5.69 Å². The number of hydrogen-bond acceptors (Lipinski definition) is 5. The highest BCUT2D eigenvalue weighted by atomic mass is 32.1. The van der Waals surface area contributed by atoms with E-state index in [1.54, 1.807) is 30.4 Å². The van der Waals surface area contributed by atoms with E-state index in [9.17, 15) is 14.9 Å². The molecule has 144 valence electrons. The standard InChI is InChI=1S/C21H21N3O3S/c1-14-8-10-16(11-9-14)21(18-7-4-12-28-18)22-13-19(25)23-20-15(2)5-3-6-17(20)24(26)27/h3-12,21-22H,13H2,1-2H3,(H,23,25)/t21-/m1/s1. The number of nitro benzene ring substituents is 1. The molecular formula is C21H21N3O3S. The molecule has 6 nitrogen and oxygen atoms in total. The zero-order chi connectivity index (χ0) is 20.1. The molecule has 0 bridgehead atoms. The van der Waals surface area contributed by atoms with Gasteiger partial charge in [-0.05, 0) is 36.4 Å². The van der Waals surface area contributed by atoms with Gasteiger partial charge in [0.25, 0.3) is 5.69 Å². The van der Waals surface area contributed by atoms with Gasteiger partial charge in [0.15, 0.2) is 0 Å². The fourth-order valence-electron chi connectivity index (χ4n) is 2.94. The Morgan fingerprint density at radius 2 is 1.86 bits per heavy atom. The number of benzene rings is 2. The molecule has 1 aromatic heterocycles. The summed E-state index contributed by atoms with van der Waals surface area (Å²) in [5.74, 6) is -0.328. The zero-order valence-electron chi connectivity index (χ0n) is 15.6. The molecule has 1 atom stereocenters. The van der Waals surface area contributed by atoms with E-state index >= 15 is 0 Å². The van der Waals surface area contributed by atoms with Crippen molar-refractivity contribution in [2.75, 3.05) is 11.9 Å². The summed E-state index contributed by atoms with van der Waals surface area (Å²) >= 11 is 1.61. The number of nitrogens with zero attached hydrogens (tertiary/aromatic N) is 1. The van der Waals surface area contributed by atoms with E-state index in [-0.39, 0.29) is 29.9 Å². The quantitative estimate of drug-likeness (QED) is 0.453. The van der Waals surface area contributed by atoms with Crippen molar-refractivity contribution < 1.29 is 9.72 Å². The molecule has 0 aliphatic rings. The Balaban J connectivity index is 1.75. The second kappa shape index (κ2) is 8.77. The lowest BCUT2D eigenvalue weighted by molar-refractivity contribution is -0.384. The highest BCUT2D eigenvalue weighted by molar-refractivity contribution is 7.10. The molecule has 0 saturated carbocycles. The third-order valence-corrected chi connectivity index (χ3v) is 5.35. The van der Waals surface area contributed by atoms with E-state index in [2.05, 4.69) is 10.6 Å². The highest BCUT2D eigenvalue weighted by Crippen LogP contribution is 2.28. The SMILES string of the molecule is Cc1ccc([C@@H](NCC(=O)Nc2c(C)cccc2[N+](=O)[O-])c2cccs2)cc1. The summed E-state index contributed by atoms with van der Waals surface area (Å²) in [6, 6.07) is 16.7. The summed E-state index contributed by atoms with van der Waals surface area (Å²) in [6.45, 7) is 3.79. The second-order valence-electron chi connectivity index (χ2n) is 6.51. The van der Waals surface area contributed by atoms with Crippen LogP contribution in [0.15, 0.2) is 60.0 Å². The van der Waals surface area contributed by atoms with Gasteiger partial charge in [-0.15, -0.1) is 11.3 Å². The maximum Gasteiger partial charge on any atom is 0.293 e. The normalized spacial score (nSPS) is 11.8. The Bertz CT molecular complexity index is 969. The first-order valence-corrected chi connectivity index (χ1v) is 9.71. The molecule has 3 rings (SSSR count). The van der Waals surface area contributed by atoms with Gasteiger partial charge in [0, 0.05) is 10.9 Å². The minimum atomic E-state index is -0.489. The lowest BCUT2D eigenvalue weighted by Gasteiger charge is -2.18. The summed E-state index contributed by atoms with van der Waals surface area (Å²) in [5.41, 5.74) is 3.00. The summed E-state index contributed by atoms with van der Waals surface area (Å²) in [7, 11) is 0.